The smallest absolute Gasteiger partial charge is 0.235 e. The maximum atomic E-state index is 13.1. The third kappa shape index (κ3) is 3.47. The van der Waals surface area contributed by atoms with E-state index in [0.29, 0.717) is 28.8 Å². The van der Waals surface area contributed by atoms with Crippen LogP contribution < -0.4 is 4.74 Å². The molecule has 0 fully saturated rings. The minimum atomic E-state index is -0.286. The van der Waals surface area contributed by atoms with Gasteiger partial charge in [-0.3, -0.25) is 5.10 Å². The Kier molecular flexibility index (Phi) is 4.28. The second kappa shape index (κ2) is 7.10. The Morgan fingerprint density at radius 3 is 2.66 bits per heavy atom. The maximum absolute atomic E-state index is 13.1. The molecule has 0 unspecified atom stereocenters. The predicted molar refractivity (Wildman–Crippen MR) is 107 cm³/mol. The fraction of sp³-hybridized carbons (Fsp3) is 0.100. The first-order valence-corrected chi connectivity index (χ1v) is 9.70. The number of rotatable bonds is 5. The normalized spacial score (nSPS) is 11.2. The number of aromatic nitrogens is 6. The third-order valence-electron chi connectivity index (χ3n) is 4.37. The fourth-order valence-electron chi connectivity index (χ4n) is 2.87. The number of hydrogen-bond acceptors (Lipinski definition) is 6. The van der Waals surface area contributed by atoms with Gasteiger partial charge in [0.05, 0.1) is 5.69 Å². The average molecular weight is 406 g/mol. The predicted octanol–water partition coefficient (Wildman–Crippen LogP) is 4.27. The molecular formula is C20H15FN6OS. The standard InChI is InChI=1S/C20H15FN6OS/c1-12-2-8-15(9-3-12)28-11-18-26-27-19(24-25-20(27)29-18)17-10-16(22-23-17)13-4-6-14(21)7-5-13/h2-10H,11H2,1H3,(H,22,23). The highest BCUT2D eigenvalue weighted by Gasteiger charge is 2.16. The van der Waals surface area contributed by atoms with Crippen molar-refractivity contribution in [2.45, 2.75) is 13.5 Å². The lowest BCUT2D eigenvalue weighted by Gasteiger charge is -2.03. The molecule has 144 valence electrons. The second-order valence-electron chi connectivity index (χ2n) is 6.49. The van der Waals surface area contributed by atoms with Gasteiger partial charge in [0, 0.05) is 5.56 Å². The molecule has 0 saturated carbocycles. The van der Waals surface area contributed by atoms with Crippen molar-refractivity contribution in [3.8, 4) is 28.5 Å². The van der Waals surface area contributed by atoms with Gasteiger partial charge in [-0.1, -0.05) is 29.0 Å². The van der Waals surface area contributed by atoms with E-state index in [2.05, 4.69) is 25.5 Å². The van der Waals surface area contributed by atoms with Gasteiger partial charge in [-0.25, -0.2) is 4.39 Å². The summed E-state index contributed by atoms with van der Waals surface area (Å²) in [5.41, 5.74) is 3.35. The van der Waals surface area contributed by atoms with Gasteiger partial charge in [-0.05, 0) is 49.4 Å². The molecule has 0 bridgehead atoms. The summed E-state index contributed by atoms with van der Waals surface area (Å²) in [4.78, 5) is 0.667. The molecule has 0 atom stereocenters. The van der Waals surface area contributed by atoms with Crippen LogP contribution in [0.5, 0.6) is 5.75 Å². The number of fused-ring (bicyclic) bond motifs is 1. The van der Waals surface area contributed by atoms with Crippen LogP contribution in [-0.2, 0) is 6.61 Å². The molecule has 0 aliphatic carbocycles. The van der Waals surface area contributed by atoms with E-state index in [4.69, 9.17) is 4.74 Å². The summed E-state index contributed by atoms with van der Waals surface area (Å²) in [7, 11) is 0. The van der Waals surface area contributed by atoms with E-state index in [0.717, 1.165) is 16.3 Å². The van der Waals surface area contributed by atoms with Crippen LogP contribution in [0.1, 0.15) is 10.6 Å². The first-order valence-electron chi connectivity index (χ1n) is 8.88. The molecule has 5 aromatic rings. The van der Waals surface area contributed by atoms with E-state index in [1.54, 1.807) is 16.6 Å². The van der Waals surface area contributed by atoms with Crippen molar-refractivity contribution in [1.29, 1.82) is 0 Å². The second-order valence-corrected chi connectivity index (χ2v) is 7.53. The summed E-state index contributed by atoms with van der Waals surface area (Å²) < 4.78 is 20.6. The van der Waals surface area contributed by atoms with E-state index in [1.807, 2.05) is 37.3 Å². The molecule has 0 amide bonds. The van der Waals surface area contributed by atoms with Crippen molar-refractivity contribution in [2.24, 2.45) is 0 Å². The highest BCUT2D eigenvalue weighted by molar-refractivity contribution is 7.16. The summed E-state index contributed by atoms with van der Waals surface area (Å²) in [6.45, 7) is 2.38. The summed E-state index contributed by atoms with van der Waals surface area (Å²) in [6.07, 6.45) is 0. The third-order valence-corrected chi connectivity index (χ3v) is 5.25. The van der Waals surface area contributed by atoms with E-state index >= 15 is 0 Å². The zero-order valence-electron chi connectivity index (χ0n) is 15.3. The lowest BCUT2D eigenvalue weighted by molar-refractivity contribution is 0.304. The van der Waals surface area contributed by atoms with Crippen molar-refractivity contribution in [2.75, 3.05) is 0 Å². The van der Waals surface area contributed by atoms with Crippen molar-refractivity contribution >= 4 is 16.3 Å². The van der Waals surface area contributed by atoms with Crippen LogP contribution in [0.3, 0.4) is 0 Å². The Bertz CT molecular complexity index is 1270. The molecule has 0 radical (unpaired) electrons. The lowest BCUT2D eigenvalue weighted by atomic mass is 10.1. The topological polar surface area (TPSA) is 81.0 Å². The largest absolute Gasteiger partial charge is 0.486 e. The van der Waals surface area contributed by atoms with Crippen LogP contribution in [0.25, 0.3) is 27.7 Å². The number of halogens is 1. The molecule has 29 heavy (non-hydrogen) atoms. The number of benzene rings is 2. The van der Waals surface area contributed by atoms with Gasteiger partial charge < -0.3 is 4.74 Å². The van der Waals surface area contributed by atoms with Crippen molar-refractivity contribution < 1.29 is 9.13 Å². The van der Waals surface area contributed by atoms with Crippen LogP contribution in [0, 0.1) is 12.7 Å². The monoisotopic (exact) mass is 406 g/mol. The molecular weight excluding hydrogens is 391 g/mol. The molecule has 0 aliphatic heterocycles. The molecule has 0 aliphatic rings. The van der Waals surface area contributed by atoms with Crippen LogP contribution in [-0.4, -0.2) is 30.0 Å². The Morgan fingerprint density at radius 2 is 1.86 bits per heavy atom. The Hall–Kier alpha value is -3.59. The van der Waals surface area contributed by atoms with Gasteiger partial charge >= 0.3 is 0 Å². The van der Waals surface area contributed by atoms with Gasteiger partial charge in [-0.15, -0.1) is 10.2 Å². The molecule has 0 saturated heterocycles. The first-order chi connectivity index (χ1) is 14.2. The van der Waals surface area contributed by atoms with Gasteiger partial charge in [0.25, 0.3) is 0 Å². The average Bonchev–Trinajstić information content (AvgIpc) is 3.44. The van der Waals surface area contributed by atoms with Crippen LogP contribution in [0.4, 0.5) is 4.39 Å². The van der Waals surface area contributed by atoms with E-state index < -0.39 is 0 Å². The highest BCUT2D eigenvalue weighted by Crippen LogP contribution is 2.25. The minimum absolute atomic E-state index is 0.286. The maximum Gasteiger partial charge on any atom is 0.235 e. The first kappa shape index (κ1) is 17.5. The van der Waals surface area contributed by atoms with E-state index in [9.17, 15) is 4.39 Å². The van der Waals surface area contributed by atoms with Gasteiger partial charge in [0.2, 0.25) is 10.8 Å². The zero-order chi connectivity index (χ0) is 19.8. The molecule has 1 N–H and O–H groups in total. The Labute approximate surface area is 168 Å². The quantitative estimate of drug-likeness (QED) is 0.471. The lowest BCUT2D eigenvalue weighted by Crippen LogP contribution is -1.97. The summed E-state index contributed by atoms with van der Waals surface area (Å²) in [5.74, 6) is 1.06. The van der Waals surface area contributed by atoms with Crippen LogP contribution in [0.15, 0.2) is 54.6 Å². The molecule has 2 aromatic carbocycles. The van der Waals surface area contributed by atoms with Crippen LogP contribution in [0.2, 0.25) is 0 Å². The van der Waals surface area contributed by atoms with Gasteiger partial charge in [0.15, 0.2) is 5.01 Å². The molecule has 7 nitrogen and oxygen atoms in total. The van der Waals surface area contributed by atoms with Gasteiger partial charge in [0.1, 0.15) is 23.9 Å². The zero-order valence-corrected chi connectivity index (χ0v) is 16.2. The van der Waals surface area contributed by atoms with Crippen molar-refractivity contribution in [1.82, 2.24) is 30.0 Å². The molecule has 5 rings (SSSR count). The highest BCUT2D eigenvalue weighted by atomic mass is 32.1. The fourth-order valence-corrected chi connectivity index (χ4v) is 3.61. The molecule has 3 heterocycles. The van der Waals surface area contributed by atoms with Gasteiger partial charge in [-0.2, -0.15) is 14.7 Å². The number of H-pyrrole nitrogens is 1. The number of aryl methyl sites for hydroxylation is 1. The Morgan fingerprint density at radius 1 is 1.07 bits per heavy atom. The van der Waals surface area contributed by atoms with Crippen LogP contribution >= 0.6 is 11.3 Å². The van der Waals surface area contributed by atoms with Crippen molar-refractivity contribution in [3.63, 3.8) is 0 Å². The summed E-state index contributed by atoms with van der Waals surface area (Å²) >= 11 is 1.42. The summed E-state index contributed by atoms with van der Waals surface area (Å²) in [5, 5.41) is 21.0. The number of hydrogen-bond donors (Lipinski definition) is 1. The number of aromatic amines is 1. The SMILES string of the molecule is Cc1ccc(OCc2nn3c(-c4cc(-c5ccc(F)cc5)n[nH]4)nnc3s2)cc1. The number of ether oxygens (including phenoxy) is 1. The summed E-state index contributed by atoms with van der Waals surface area (Å²) in [6, 6.07) is 15.9. The molecule has 0 spiro atoms. The number of nitrogens with zero attached hydrogens (tertiary/aromatic N) is 5. The van der Waals surface area contributed by atoms with E-state index in [-0.39, 0.29) is 5.82 Å². The van der Waals surface area contributed by atoms with Crippen molar-refractivity contribution in [3.05, 3.63) is 71.0 Å². The molecule has 3 aromatic heterocycles. The number of nitrogens with one attached hydrogen (secondary N) is 1. The minimum Gasteiger partial charge on any atom is -0.486 e. The molecule has 9 heteroatoms. The Balaban J connectivity index is 1.38. The van der Waals surface area contributed by atoms with E-state index in [1.165, 1.54) is 29.0 Å².